The van der Waals surface area contributed by atoms with Crippen molar-refractivity contribution < 1.29 is 13.9 Å². The van der Waals surface area contributed by atoms with E-state index in [1.165, 1.54) is 26.4 Å². The zero-order valence-electron chi connectivity index (χ0n) is 8.32. The number of benzene rings is 1. The van der Waals surface area contributed by atoms with Crippen LogP contribution in [0.3, 0.4) is 0 Å². The van der Waals surface area contributed by atoms with E-state index in [1.54, 1.807) is 0 Å². The Morgan fingerprint density at radius 2 is 2.07 bits per heavy atom. The molecular weight excluding hydrogens is 199 g/mol. The van der Waals surface area contributed by atoms with Gasteiger partial charge in [0.05, 0.1) is 25.5 Å². The molecule has 0 spiro atoms. The third-order valence-corrected chi connectivity index (χ3v) is 1.64. The molecule has 0 atom stereocenters. The highest BCUT2D eigenvalue weighted by molar-refractivity contribution is 5.72. The molecule has 1 aromatic carbocycles. The Balaban J connectivity index is 3.15. The van der Waals surface area contributed by atoms with Gasteiger partial charge in [0.15, 0.2) is 0 Å². The standard InChI is InChI=1S/C10H9FN2O2/c1-14-10(15-2)13-9-4-3-8(11)5-7(9)6-12/h3-5H,1-2H3. The normalized spacial score (nSPS) is 8.93. The van der Waals surface area contributed by atoms with Crippen molar-refractivity contribution in [3.05, 3.63) is 29.6 Å². The Morgan fingerprint density at radius 3 is 2.60 bits per heavy atom. The molecule has 0 radical (unpaired) electrons. The second kappa shape index (κ2) is 4.96. The van der Waals surface area contributed by atoms with Gasteiger partial charge in [0.1, 0.15) is 11.9 Å². The fourth-order valence-electron chi connectivity index (χ4n) is 0.968. The largest absolute Gasteiger partial charge is 0.454 e. The summed E-state index contributed by atoms with van der Waals surface area (Å²) < 4.78 is 22.3. The van der Waals surface area contributed by atoms with Crippen molar-refractivity contribution in [2.45, 2.75) is 0 Å². The summed E-state index contributed by atoms with van der Waals surface area (Å²) in [6.45, 7) is 0. The summed E-state index contributed by atoms with van der Waals surface area (Å²) in [5.74, 6) is -0.484. The highest BCUT2D eigenvalue weighted by atomic mass is 19.1. The van der Waals surface area contributed by atoms with Gasteiger partial charge in [0.25, 0.3) is 0 Å². The molecular formula is C10H9FN2O2. The molecule has 1 aromatic rings. The number of ether oxygens (including phenoxy) is 2. The van der Waals surface area contributed by atoms with Crippen LogP contribution in [0.1, 0.15) is 5.56 Å². The smallest absolute Gasteiger partial charge is 0.388 e. The summed E-state index contributed by atoms with van der Waals surface area (Å²) in [5.41, 5.74) is 0.430. The molecule has 0 aliphatic heterocycles. The molecule has 0 aliphatic carbocycles. The molecule has 0 bridgehead atoms. The molecule has 5 heteroatoms. The summed E-state index contributed by atoms with van der Waals surface area (Å²) in [4.78, 5) is 3.89. The van der Waals surface area contributed by atoms with E-state index in [4.69, 9.17) is 14.7 Å². The van der Waals surface area contributed by atoms with Crippen molar-refractivity contribution in [1.82, 2.24) is 0 Å². The zero-order valence-corrected chi connectivity index (χ0v) is 8.32. The molecule has 15 heavy (non-hydrogen) atoms. The molecule has 0 amide bonds. The first-order valence-corrected chi connectivity index (χ1v) is 4.07. The lowest BCUT2D eigenvalue weighted by atomic mass is 10.2. The van der Waals surface area contributed by atoms with Crippen LogP contribution < -0.4 is 0 Å². The van der Waals surface area contributed by atoms with Crippen LogP contribution in [0, 0.1) is 17.1 Å². The molecule has 4 nitrogen and oxygen atoms in total. The van der Waals surface area contributed by atoms with Crippen LogP contribution >= 0.6 is 0 Å². The van der Waals surface area contributed by atoms with E-state index >= 15 is 0 Å². The number of aliphatic imine (C=N–C) groups is 1. The van der Waals surface area contributed by atoms with E-state index in [2.05, 4.69) is 4.99 Å². The summed E-state index contributed by atoms with van der Waals surface area (Å²) in [6.07, 6.45) is 0.0121. The Morgan fingerprint density at radius 1 is 1.40 bits per heavy atom. The van der Waals surface area contributed by atoms with E-state index in [1.807, 2.05) is 6.07 Å². The first kappa shape index (κ1) is 11.0. The minimum atomic E-state index is -0.484. The first-order chi connectivity index (χ1) is 7.21. The lowest BCUT2D eigenvalue weighted by Gasteiger charge is -2.02. The molecule has 1 rings (SSSR count). The van der Waals surface area contributed by atoms with E-state index in [0.717, 1.165) is 6.07 Å². The SMILES string of the molecule is COC(=Nc1ccc(F)cc1C#N)OC. The molecule has 0 fully saturated rings. The summed E-state index contributed by atoms with van der Waals surface area (Å²) in [7, 11) is 2.77. The van der Waals surface area contributed by atoms with Gasteiger partial charge in [-0.25, -0.2) is 4.39 Å². The van der Waals surface area contributed by atoms with Crippen LogP contribution in [0.25, 0.3) is 0 Å². The minimum absolute atomic E-state index is 0.0121. The van der Waals surface area contributed by atoms with E-state index in [-0.39, 0.29) is 11.6 Å². The van der Waals surface area contributed by atoms with Crippen molar-refractivity contribution in [2.75, 3.05) is 14.2 Å². The van der Waals surface area contributed by atoms with Crippen LogP contribution in [0.15, 0.2) is 23.2 Å². The quantitative estimate of drug-likeness (QED) is 0.523. The number of hydrogen-bond acceptors (Lipinski definition) is 4. The highest BCUT2D eigenvalue weighted by Gasteiger charge is 2.05. The van der Waals surface area contributed by atoms with Gasteiger partial charge in [0.2, 0.25) is 0 Å². The lowest BCUT2D eigenvalue weighted by Crippen LogP contribution is -2.02. The van der Waals surface area contributed by atoms with Gasteiger partial charge in [-0.15, -0.1) is 0 Å². The predicted molar refractivity (Wildman–Crippen MR) is 52.2 cm³/mol. The van der Waals surface area contributed by atoms with Crippen LogP contribution in [0.2, 0.25) is 0 Å². The number of hydrogen-bond donors (Lipinski definition) is 0. The number of nitriles is 1. The van der Waals surface area contributed by atoms with Crippen LogP contribution in [0.4, 0.5) is 10.1 Å². The maximum absolute atomic E-state index is 12.8. The maximum atomic E-state index is 12.8. The molecule has 0 saturated carbocycles. The molecule has 0 aromatic heterocycles. The van der Waals surface area contributed by atoms with Gasteiger partial charge in [-0.05, 0) is 18.2 Å². The highest BCUT2D eigenvalue weighted by Crippen LogP contribution is 2.19. The van der Waals surface area contributed by atoms with E-state index < -0.39 is 5.82 Å². The van der Waals surface area contributed by atoms with Crippen molar-refractivity contribution in [2.24, 2.45) is 4.99 Å². The monoisotopic (exact) mass is 208 g/mol. The van der Waals surface area contributed by atoms with Gasteiger partial charge < -0.3 is 9.47 Å². The van der Waals surface area contributed by atoms with Gasteiger partial charge in [-0.3, -0.25) is 0 Å². The Kier molecular flexibility index (Phi) is 3.63. The molecule has 0 heterocycles. The van der Waals surface area contributed by atoms with E-state index in [0.29, 0.717) is 5.69 Å². The van der Waals surface area contributed by atoms with Crippen LogP contribution in [0.5, 0.6) is 0 Å². The van der Waals surface area contributed by atoms with Gasteiger partial charge in [-0.1, -0.05) is 0 Å². The average Bonchev–Trinajstić information content (AvgIpc) is 2.27. The van der Waals surface area contributed by atoms with Crippen LogP contribution in [-0.2, 0) is 9.47 Å². The number of rotatable bonds is 1. The molecule has 78 valence electrons. The van der Waals surface area contributed by atoms with Gasteiger partial charge in [0, 0.05) is 0 Å². The number of methoxy groups -OCH3 is 2. The van der Waals surface area contributed by atoms with Gasteiger partial charge in [-0.2, -0.15) is 10.3 Å². The van der Waals surface area contributed by atoms with Crippen molar-refractivity contribution >= 4 is 11.8 Å². The maximum Gasteiger partial charge on any atom is 0.388 e. The molecule has 0 aliphatic rings. The van der Waals surface area contributed by atoms with Crippen molar-refractivity contribution in [3.63, 3.8) is 0 Å². The summed E-state index contributed by atoms with van der Waals surface area (Å²) in [6, 6.07) is 5.52. The summed E-state index contributed by atoms with van der Waals surface area (Å²) in [5, 5.41) is 8.73. The Bertz CT molecular complexity index is 418. The van der Waals surface area contributed by atoms with E-state index in [9.17, 15) is 4.39 Å². The number of halogens is 1. The fraction of sp³-hybridized carbons (Fsp3) is 0.200. The van der Waals surface area contributed by atoms with Gasteiger partial charge >= 0.3 is 6.08 Å². The average molecular weight is 208 g/mol. The first-order valence-electron chi connectivity index (χ1n) is 4.07. The fourth-order valence-corrected chi connectivity index (χ4v) is 0.968. The third kappa shape index (κ3) is 2.68. The lowest BCUT2D eigenvalue weighted by molar-refractivity contribution is 0.243. The zero-order chi connectivity index (χ0) is 11.3. The second-order valence-corrected chi connectivity index (χ2v) is 2.56. The number of nitrogens with zero attached hydrogens (tertiary/aromatic N) is 2. The second-order valence-electron chi connectivity index (χ2n) is 2.56. The van der Waals surface area contributed by atoms with Crippen LogP contribution in [-0.4, -0.2) is 20.3 Å². The summed E-state index contributed by atoms with van der Waals surface area (Å²) >= 11 is 0. The topological polar surface area (TPSA) is 54.6 Å². The Labute approximate surface area is 86.6 Å². The third-order valence-electron chi connectivity index (χ3n) is 1.64. The molecule has 0 saturated heterocycles. The minimum Gasteiger partial charge on any atom is -0.454 e. The molecule has 0 unspecified atom stereocenters. The predicted octanol–water partition coefficient (Wildman–Crippen LogP) is 1.98. The Hall–Kier alpha value is -2.09. The molecule has 0 N–H and O–H groups in total. The van der Waals surface area contributed by atoms with Crippen molar-refractivity contribution in [3.8, 4) is 6.07 Å². The van der Waals surface area contributed by atoms with Crippen molar-refractivity contribution in [1.29, 1.82) is 5.26 Å².